The van der Waals surface area contributed by atoms with E-state index in [2.05, 4.69) is 5.32 Å². The van der Waals surface area contributed by atoms with Crippen LogP contribution in [0.5, 0.6) is 0 Å². The molecule has 1 aliphatic heterocycles. The molecule has 0 radical (unpaired) electrons. The van der Waals surface area contributed by atoms with Gasteiger partial charge in [0.25, 0.3) is 0 Å². The Balaban J connectivity index is 1.97. The molecule has 1 unspecified atom stereocenters. The smallest absolute Gasteiger partial charge is 0.327 e. The fourth-order valence-electron chi connectivity index (χ4n) is 1.72. The molecule has 18 heavy (non-hydrogen) atoms. The Bertz CT molecular complexity index is 434. The van der Waals surface area contributed by atoms with Crippen molar-refractivity contribution >= 4 is 23.8 Å². The molecule has 1 aliphatic rings. The minimum atomic E-state index is -0.971. The van der Waals surface area contributed by atoms with Crippen LogP contribution in [0.15, 0.2) is 22.8 Å². The van der Waals surface area contributed by atoms with Gasteiger partial charge in [0, 0.05) is 5.75 Å². The zero-order chi connectivity index (χ0) is 13.1. The number of furan rings is 1. The van der Waals surface area contributed by atoms with E-state index in [-0.39, 0.29) is 12.1 Å². The lowest BCUT2D eigenvalue weighted by Gasteiger charge is -2.22. The Morgan fingerprint density at radius 1 is 1.67 bits per heavy atom. The zero-order valence-electron chi connectivity index (χ0n) is 9.83. The molecule has 6 nitrogen and oxygen atoms in total. The van der Waals surface area contributed by atoms with Crippen molar-refractivity contribution in [2.24, 2.45) is 0 Å². The van der Waals surface area contributed by atoms with Crippen molar-refractivity contribution in [3.63, 3.8) is 0 Å². The molecule has 0 spiro atoms. The molecule has 0 aliphatic carbocycles. The molecule has 0 saturated carbocycles. The highest BCUT2D eigenvalue weighted by Crippen LogP contribution is 2.22. The van der Waals surface area contributed by atoms with Gasteiger partial charge < -0.3 is 19.7 Å². The van der Waals surface area contributed by atoms with Crippen molar-refractivity contribution in [2.45, 2.75) is 19.0 Å². The van der Waals surface area contributed by atoms with Crippen LogP contribution in [-0.2, 0) is 4.79 Å². The van der Waals surface area contributed by atoms with E-state index in [1.165, 1.54) is 22.9 Å². The normalized spacial score (nSPS) is 20.7. The van der Waals surface area contributed by atoms with Gasteiger partial charge in [-0.1, -0.05) is 0 Å². The largest absolute Gasteiger partial charge is 0.480 e. The summed E-state index contributed by atoms with van der Waals surface area (Å²) >= 11 is 1.43. The van der Waals surface area contributed by atoms with Crippen LogP contribution in [0.2, 0.25) is 0 Å². The van der Waals surface area contributed by atoms with Gasteiger partial charge in [-0.15, -0.1) is 11.8 Å². The summed E-state index contributed by atoms with van der Waals surface area (Å²) < 4.78 is 5.18. The SMILES string of the molecule is CC(NC(=O)N1CSC[C@H]1C(=O)O)c1ccco1. The summed E-state index contributed by atoms with van der Waals surface area (Å²) in [5.74, 6) is 0.494. The lowest BCUT2D eigenvalue weighted by Crippen LogP contribution is -2.47. The first-order chi connectivity index (χ1) is 8.59. The predicted molar refractivity (Wildman–Crippen MR) is 66.2 cm³/mol. The van der Waals surface area contributed by atoms with E-state index in [4.69, 9.17) is 9.52 Å². The lowest BCUT2D eigenvalue weighted by atomic mass is 10.2. The van der Waals surface area contributed by atoms with E-state index in [9.17, 15) is 9.59 Å². The summed E-state index contributed by atoms with van der Waals surface area (Å²) in [5, 5.41) is 11.7. The predicted octanol–water partition coefficient (Wildman–Crippen LogP) is 1.51. The van der Waals surface area contributed by atoms with Gasteiger partial charge >= 0.3 is 12.0 Å². The summed E-state index contributed by atoms with van der Waals surface area (Å²) in [7, 11) is 0. The minimum absolute atomic E-state index is 0.285. The Hall–Kier alpha value is -1.63. The molecule has 1 aromatic rings. The molecule has 98 valence electrons. The quantitative estimate of drug-likeness (QED) is 0.870. The second-order valence-corrected chi connectivity index (χ2v) is 5.01. The summed E-state index contributed by atoms with van der Waals surface area (Å²) in [4.78, 5) is 24.3. The Labute approximate surface area is 108 Å². The topological polar surface area (TPSA) is 82.8 Å². The van der Waals surface area contributed by atoms with Crippen LogP contribution >= 0.6 is 11.8 Å². The number of aliphatic carboxylic acids is 1. The Morgan fingerprint density at radius 2 is 2.44 bits per heavy atom. The van der Waals surface area contributed by atoms with E-state index < -0.39 is 12.0 Å². The van der Waals surface area contributed by atoms with Gasteiger partial charge in [-0.05, 0) is 19.1 Å². The highest BCUT2D eigenvalue weighted by atomic mass is 32.2. The molecule has 1 saturated heterocycles. The van der Waals surface area contributed by atoms with Gasteiger partial charge in [0.2, 0.25) is 0 Å². The van der Waals surface area contributed by atoms with Gasteiger partial charge in [-0.3, -0.25) is 0 Å². The molecule has 7 heteroatoms. The molecule has 2 rings (SSSR count). The van der Waals surface area contributed by atoms with Crippen molar-refractivity contribution in [3.8, 4) is 0 Å². The third-order valence-electron chi connectivity index (χ3n) is 2.74. The molecule has 2 N–H and O–H groups in total. The molecule has 1 aromatic heterocycles. The van der Waals surface area contributed by atoms with Gasteiger partial charge in [-0.2, -0.15) is 0 Å². The minimum Gasteiger partial charge on any atom is -0.480 e. The molecule has 0 aromatic carbocycles. The number of rotatable bonds is 3. The fourth-order valence-corrected chi connectivity index (χ4v) is 2.87. The summed E-state index contributed by atoms with van der Waals surface area (Å²) in [6, 6.07) is 2.09. The summed E-state index contributed by atoms with van der Waals surface area (Å²) in [6.07, 6.45) is 1.53. The molecule has 2 heterocycles. The maximum atomic E-state index is 12.0. The number of hydrogen-bond acceptors (Lipinski definition) is 4. The number of thioether (sulfide) groups is 1. The van der Waals surface area contributed by atoms with Crippen LogP contribution in [0, 0.1) is 0 Å². The fraction of sp³-hybridized carbons (Fsp3) is 0.455. The van der Waals surface area contributed by atoms with E-state index in [0.29, 0.717) is 17.4 Å². The average molecular weight is 270 g/mol. The second kappa shape index (κ2) is 5.34. The van der Waals surface area contributed by atoms with Crippen molar-refractivity contribution < 1.29 is 19.1 Å². The van der Waals surface area contributed by atoms with E-state index in [1.54, 1.807) is 19.1 Å². The molecule has 0 bridgehead atoms. The number of nitrogens with one attached hydrogen (secondary N) is 1. The van der Waals surface area contributed by atoms with Gasteiger partial charge in [0.15, 0.2) is 0 Å². The zero-order valence-corrected chi connectivity index (χ0v) is 10.6. The average Bonchev–Trinajstić information content (AvgIpc) is 3.00. The first-order valence-corrected chi connectivity index (χ1v) is 6.66. The maximum Gasteiger partial charge on any atom is 0.327 e. The van der Waals surface area contributed by atoms with E-state index >= 15 is 0 Å². The van der Waals surface area contributed by atoms with E-state index in [1.807, 2.05) is 0 Å². The standard InChI is InChI=1S/C11H14N2O4S/c1-7(9-3-2-4-17-9)12-11(16)13-6-18-5-8(13)10(14)15/h2-4,7-8H,5-6H2,1H3,(H,12,16)(H,14,15)/t7?,8-/m0/s1. The number of carboxylic acid groups (broad SMARTS) is 1. The van der Waals surface area contributed by atoms with E-state index in [0.717, 1.165) is 0 Å². The third-order valence-corrected chi connectivity index (χ3v) is 3.75. The van der Waals surface area contributed by atoms with Gasteiger partial charge in [0.05, 0.1) is 18.2 Å². The third kappa shape index (κ3) is 2.61. The molecular formula is C11H14N2O4S. The summed E-state index contributed by atoms with van der Waals surface area (Å²) in [6.45, 7) is 1.79. The van der Waals surface area contributed by atoms with Crippen LogP contribution in [0.1, 0.15) is 18.7 Å². The first kappa shape index (κ1) is 12.8. The van der Waals surface area contributed by atoms with Crippen LogP contribution < -0.4 is 5.32 Å². The highest BCUT2D eigenvalue weighted by molar-refractivity contribution is 7.99. The van der Waals surface area contributed by atoms with Crippen molar-refractivity contribution in [1.82, 2.24) is 10.2 Å². The molecule has 2 amide bonds. The maximum absolute atomic E-state index is 12.0. The Kier molecular flexibility index (Phi) is 3.81. The first-order valence-electron chi connectivity index (χ1n) is 5.50. The number of urea groups is 1. The number of amides is 2. The van der Waals surface area contributed by atoms with Gasteiger partial charge in [-0.25, -0.2) is 9.59 Å². The van der Waals surface area contributed by atoms with Crippen LogP contribution in [0.4, 0.5) is 4.79 Å². The molecular weight excluding hydrogens is 256 g/mol. The number of nitrogens with zero attached hydrogens (tertiary/aromatic N) is 1. The lowest BCUT2D eigenvalue weighted by molar-refractivity contribution is -0.140. The molecule has 2 atom stereocenters. The Morgan fingerprint density at radius 3 is 3.06 bits per heavy atom. The number of carbonyl (C=O) groups excluding carboxylic acids is 1. The van der Waals surface area contributed by atoms with Crippen LogP contribution in [-0.4, -0.2) is 39.7 Å². The highest BCUT2D eigenvalue weighted by Gasteiger charge is 2.35. The van der Waals surface area contributed by atoms with Crippen molar-refractivity contribution in [3.05, 3.63) is 24.2 Å². The number of hydrogen-bond donors (Lipinski definition) is 2. The van der Waals surface area contributed by atoms with Crippen LogP contribution in [0.25, 0.3) is 0 Å². The monoisotopic (exact) mass is 270 g/mol. The van der Waals surface area contributed by atoms with Crippen molar-refractivity contribution in [2.75, 3.05) is 11.6 Å². The van der Waals surface area contributed by atoms with Gasteiger partial charge in [0.1, 0.15) is 11.8 Å². The number of carboxylic acids is 1. The second-order valence-electron chi connectivity index (χ2n) is 4.01. The molecule has 1 fully saturated rings. The van der Waals surface area contributed by atoms with Crippen molar-refractivity contribution in [1.29, 1.82) is 0 Å². The summed E-state index contributed by atoms with van der Waals surface area (Å²) in [5.41, 5.74) is 0. The van der Waals surface area contributed by atoms with Crippen LogP contribution in [0.3, 0.4) is 0 Å². The number of carbonyl (C=O) groups is 2.